The van der Waals surface area contributed by atoms with Crippen LogP contribution in [0.15, 0.2) is 24.7 Å². The van der Waals surface area contributed by atoms with Crippen molar-refractivity contribution in [2.24, 2.45) is 5.92 Å². The molecular formula is C27H46N4. The molecule has 0 saturated carbocycles. The van der Waals surface area contributed by atoms with Gasteiger partial charge in [0.05, 0.1) is 0 Å². The highest BCUT2D eigenvalue weighted by atomic mass is 15.1. The summed E-state index contributed by atoms with van der Waals surface area (Å²) < 4.78 is 2.21. The zero-order chi connectivity index (χ0) is 22.2. The lowest BCUT2D eigenvalue weighted by Crippen LogP contribution is -2.40. The van der Waals surface area contributed by atoms with Crippen molar-refractivity contribution in [1.82, 2.24) is 19.2 Å². The van der Waals surface area contributed by atoms with E-state index in [0.29, 0.717) is 11.8 Å². The Labute approximate surface area is 191 Å². The fraction of sp³-hybridized carbons (Fsp3) is 0.741. The largest absolute Gasteiger partial charge is 0.307 e. The molecule has 2 aliphatic heterocycles. The Kier molecular flexibility index (Phi) is 9.40. The number of nitrogens with zero attached hydrogens (tertiary/aromatic N) is 4. The minimum Gasteiger partial charge on any atom is -0.307 e. The SMILES string of the molecule is CCC(C)c1cc2nccn2cc1C1CCN(CC2CCN(C)CC2)CC1.CCCC. The summed E-state index contributed by atoms with van der Waals surface area (Å²) in [5, 5.41) is 0. The molecule has 2 aromatic heterocycles. The predicted molar refractivity (Wildman–Crippen MR) is 133 cm³/mol. The highest BCUT2D eigenvalue weighted by Gasteiger charge is 2.26. The molecule has 2 aromatic rings. The standard InChI is InChI=1S/C23H36N4.C4H10/c1-4-18(2)21-15-23-24-9-14-27(23)17-22(21)20-7-12-26(13-8-20)16-19-5-10-25(3)11-6-19;1-3-4-2/h9,14-15,17-20H,4-8,10-13,16H2,1-3H3;3-4H2,1-2H3. The maximum absolute atomic E-state index is 4.52. The summed E-state index contributed by atoms with van der Waals surface area (Å²) in [6.45, 7) is 15.4. The first-order valence-electron chi connectivity index (χ1n) is 12.9. The average Bonchev–Trinajstić information content (AvgIpc) is 3.27. The second kappa shape index (κ2) is 12.0. The van der Waals surface area contributed by atoms with Gasteiger partial charge in [0, 0.05) is 25.1 Å². The summed E-state index contributed by atoms with van der Waals surface area (Å²) >= 11 is 0. The van der Waals surface area contributed by atoms with Crippen LogP contribution in [0.3, 0.4) is 0 Å². The summed E-state index contributed by atoms with van der Waals surface area (Å²) in [6, 6.07) is 2.34. The van der Waals surface area contributed by atoms with E-state index >= 15 is 0 Å². The number of aromatic nitrogens is 2. The van der Waals surface area contributed by atoms with Gasteiger partial charge in [-0.1, -0.05) is 40.5 Å². The smallest absolute Gasteiger partial charge is 0.136 e. The van der Waals surface area contributed by atoms with Gasteiger partial charge >= 0.3 is 0 Å². The van der Waals surface area contributed by atoms with E-state index in [1.165, 1.54) is 83.2 Å². The second-order valence-corrected chi connectivity index (χ2v) is 10.0. The summed E-state index contributed by atoms with van der Waals surface area (Å²) in [4.78, 5) is 9.73. The highest BCUT2D eigenvalue weighted by molar-refractivity contribution is 5.47. The van der Waals surface area contributed by atoms with Gasteiger partial charge in [0.1, 0.15) is 5.65 Å². The van der Waals surface area contributed by atoms with Crippen LogP contribution in [0.4, 0.5) is 0 Å². The Bertz CT molecular complexity index is 765. The van der Waals surface area contributed by atoms with E-state index in [0.717, 1.165) is 11.6 Å². The lowest BCUT2D eigenvalue weighted by Gasteiger charge is -2.37. The molecule has 0 N–H and O–H groups in total. The van der Waals surface area contributed by atoms with Crippen molar-refractivity contribution in [1.29, 1.82) is 0 Å². The molecule has 4 nitrogen and oxygen atoms in total. The maximum Gasteiger partial charge on any atom is 0.136 e. The van der Waals surface area contributed by atoms with Gasteiger partial charge in [0.2, 0.25) is 0 Å². The Morgan fingerprint density at radius 3 is 2.29 bits per heavy atom. The quantitative estimate of drug-likeness (QED) is 0.551. The van der Waals surface area contributed by atoms with Gasteiger partial charge in [-0.3, -0.25) is 0 Å². The molecule has 0 radical (unpaired) electrons. The third kappa shape index (κ3) is 6.55. The van der Waals surface area contributed by atoms with Gasteiger partial charge in [-0.05, 0) is 100 Å². The van der Waals surface area contributed by atoms with Crippen molar-refractivity contribution in [3.63, 3.8) is 0 Å². The van der Waals surface area contributed by atoms with Crippen LogP contribution in [0.1, 0.15) is 95.6 Å². The van der Waals surface area contributed by atoms with Gasteiger partial charge in [0.15, 0.2) is 0 Å². The van der Waals surface area contributed by atoms with Crippen LogP contribution in [-0.4, -0.2) is 59.0 Å². The van der Waals surface area contributed by atoms with Gasteiger partial charge in [-0.2, -0.15) is 0 Å². The fourth-order valence-electron chi connectivity index (χ4n) is 5.02. The average molecular weight is 427 g/mol. The lowest BCUT2D eigenvalue weighted by atomic mass is 9.83. The van der Waals surface area contributed by atoms with Crippen molar-refractivity contribution in [3.8, 4) is 0 Å². The van der Waals surface area contributed by atoms with E-state index in [2.05, 4.69) is 72.4 Å². The molecule has 2 saturated heterocycles. The number of fused-ring (bicyclic) bond motifs is 1. The first-order valence-corrected chi connectivity index (χ1v) is 12.9. The Hall–Kier alpha value is -1.39. The molecular weight excluding hydrogens is 380 g/mol. The van der Waals surface area contributed by atoms with Gasteiger partial charge in [-0.15, -0.1) is 0 Å². The molecule has 2 fully saturated rings. The number of unbranched alkanes of at least 4 members (excludes halogenated alkanes) is 1. The third-order valence-electron chi connectivity index (χ3n) is 7.62. The monoisotopic (exact) mass is 426 g/mol. The van der Waals surface area contributed by atoms with Crippen LogP contribution in [0.5, 0.6) is 0 Å². The number of imidazole rings is 1. The molecule has 2 aliphatic rings. The number of hydrogen-bond donors (Lipinski definition) is 0. The van der Waals surface area contributed by atoms with Crippen LogP contribution < -0.4 is 0 Å². The van der Waals surface area contributed by atoms with Crippen LogP contribution in [0.2, 0.25) is 0 Å². The van der Waals surface area contributed by atoms with E-state index < -0.39 is 0 Å². The first-order chi connectivity index (χ1) is 15.0. The van der Waals surface area contributed by atoms with Crippen LogP contribution >= 0.6 is 0 Å². The van der Waals surface area contributed by atoms with Crippen LogP contribution in [-0.2, 0) is 0 Å². The van der Waals surface area contributed by atoms with Crippen molar-refractivity contribution in [2.75, 3.05) is 39.8 Å². The molecule has 31 heavy (non-hydrogen) atoms. The number of piperidine rings is 2. The molecule has 0 aliphatic carbocycles. The number of likely N-dealkylation sites (tertiary alicyclic amines) is 2. The van der Waals surface area contributed by atoms with E-state index in [-0.39, 0.29) is 0 Å². The fourth-order valence-corrected chi connectivity index (χ4v) is 5.02. The first kappa shape index (κ1) is 24.3. The van der Waals surface area contributed by atoms with Crippen LogP contribution in [0, 0.1) is 5.92 Å². The van der Waals surface area contributed by atoms with Crippen molar-refractivity contribution in [3.05, 3.63) is 35.8 Å². The number of rotatable bonds is 6. The highest BCUT2D eigenvalue weighted by Crippen LogP contribution is 2.35. The normalized spacial score (nSPS) is 20.5. The minimum absolute atomic E-state index is 0.610. The Morgan fingerprint density at radius 1 is 1.00 bits per heavy atom. The molecule has 1 atom stereocenters. The molecule has 4 heteroatoms. The van der Waals surface area contributed by atoms with Crippen molar-refractivity contribution in [2.45, 2.75) is 84.5 Å². The Morgan fingerprint density at radius 2 is 1.68 bits per heavy atom. The lowest BCUT2D eigenvalue weighted by molar-refractivity contribution is 0.139. The summed E-state index contributed by atoms with van der Waals surface area (Å²) in [6.07, 6.45) is 15.6. The van der Waals surface area contributed by atoms with Gasteiger partial charge < -0.3 is 14.2 Å². The van der Waals surface area contributed by atoms with Crippen LogP contribution in [0.25, 0.3) is 5.65 Å². The second-order valence-electron chi connectivity index (χ2n) is 10.0. The molecule has 0 amide bonds. The van der Waals surface area contributed by atoms with E-state index in [1.807, 2.05) is 6.20 Å². The summed E-state index contributed by atoms with van der Waals surface area (Å²) in [5.74, 6) is 2.23. The zero-order valence-electron chi connectivity index (χ0n) is 20.8. The van der Waals surface area contributed by atoms with E-state index in [1.54, 1.807) is 5.56 Å². The zero-order valence-corrected chi connectivity index (χ0v) is 20.8. The predicted octanol–water partition coefficient (Wildman–Crippen LogP) is 6.18. The molecule has 4 heterocycles. The van der Waals surface area contributed by atoms with Crippen molar-refractivity contribution < 1.29 is 0 Å². The molecule has 0 aromatic carbocycles. The van der Waals surface area contributed by atoms with E-state index in [9.17, 15) is 0 Å². The molecule has 0 spiro atoms. The number of hydrogen-bond acceptors (Lipinski definition) is 3. The molecule has 0 bridgehead atoms. The van der Waals surface area contributed by atoms with Crippen molar-refractivity contribution >= 4 is 5.65 Å². The summed E-state index contributed by atoms with van der Waals surface area (Å²) in [5.41, 5.74) is 4.20. The summed E-state index contributed by atoms with van der Waals surface area (Å²) in [7, 11) is 2.26. The maximum atomic E-state index is 4.52. The number of pyridine rings is 1. The Balaban J connectivity index is 0.000000628. The van der Waals surface area contributed by atoms with Gasteiger partial charge in [-0.25, -0.2) is 4.98 Å². The third-order valence-corrected chi connectivity index (χ3v) is 7.62. The topological polar surface area (TPSA) is 23.8 Å². The molecule has 174 valence electrons. The minimum atomic E-state index is 0.610. The molecule has 4 rings (SSSR count). The molecule has 1 unspecified atom stereocenters. The van der Waals surface area contributed by atoms with Gasteiger partial charge in [0.25, 0.3) is 0 Å². The van der Waals surface area contributed by atoms with E-state index in [4.69, 9.17) is 0 Å².